The van der Waals surface area contributed by atoms with Crippen LogP contribution in [0.1, 0.15) is 19.8 Å². The van der Waals surface area contributed by atoms with Crippen molar-refractivity contribution in [1.82, 2.24) is 10.2 Å². The maximum atomic E-state index is 11.8. The molecule has 0 aliphatic carbocycles. The SMILES string of the molecule is CCCC(N)C(=O)Nc1cccc(-c2nnco2)c1. The van der Waals surface area contributed by atoms with Crippen molar-refractivity contribution in [2.24, 2.45) is 5.73 Å². The van der Waals surface area contributed by atoms with Crippen LogP contribution in [0.4, 0.5) is 5.69 Å². The van der Waals surface area contributed by atoms with E-state index in [-0.39, 0.29) is 5.91 Å². The number of nitrogens with one attached hydrogen (secondary N) is 1. The highest BCUT2D eigenvalue weighted by atomic mass is 16.4. The predicted octanol–water partition coefficient (Wildman–Crippen LogP) is 1.80. The number of aromatic nitrogens is 2. The molecule has 1 amide bonds. The Balaban J connectivity index is 2.09. The molecule has 0 spiro atoms. The van der Waals surface area contributed by atoms with E-state index in [1.807, 2.05) is 13.0 Å². The minimum absolute atomic E-state index is 0.190. The van der Waals surface area contributed by atoms with E-state index in [1.165, 1.54) is 6.39 Å². The zero-order valence-corrected chi connectivity index (χ0v) is 10.7. The van der Waals surface area contributed by atoms with Crippen LogP contribution in [-0.4, -0.2) is 22.1 Å². The van der Waals surface area contributed by atoms with Gasteiger partial charge in [0.1, 0.15) is 0 Å². The van der Waals surface area contributed by atoms with Gasteiger partial charge in [-0.15, -0.1) is 10.2 Å². The highest BCUT2D eigenvalue weighted by Gasteiger charge is 2.13. The van der Waals surface area contributed by atoms with Gasteiger partial charge in [0.15, 0.2) is 0 Å². The van der Waals surface area contributed by atoms with Gasteiger partial charge in [0, 0.05) is 11.3 Å². The summed E-state index contributed by atoms with van der Waals surface area (Å²) >= 11 is 0. The third-order valence-corrected chi connectivity index (χ3v) is 2.67. The Bertz CT molecular complexity index is 539. The number of benzene rings is 1. The summed E-state index contributed by atoms with van der Waals surface area (Å²) in [4.78, 5) is 11.8. The van der Waals surface area contributed by atoms with Crippen LogP contribution in [0.25, 0.3) is 11.5 Å². The lowest BCUT2D eigenvalue weighted by molar-refractivity contribution is -0.117. The summed E-state index contributed by atoms with van der Waals surface area (Å²) in [6.07, 6.45) is 2.80. The predicted molar refractivity (Wildman–Crippen MR) is 71.2 cm³/mol. The Morgan fingerprint density at radius 2 is 2.37 bits per heavy atom. The van der Waals surface area contributed by atoms with E-state index in [0.717, 1.165) is 12.0 Å². The molecular formula is C13H16N4O2. The average molecular weight is 260 g/mol. The van der Waals surface area contributed by atoms with Gasteiger partial charge < -0.3 is 15.5 Å². The van der Waals surface area contributed by atoms with Crippen molar-refractivity contribution >= 4 is 11.6 Å². The Morgan fingerprint density at radius 1 is 1.53 bits per heavy atom. The van der Waals surface area contributed by atoms with Crippen LogP contribution >= 0.6 is 0 Å². The van der Waals surface area contributed by atoms with Crippen LogP contribution in [-0.2, 0) is 4.79 Å². The molecule has 100 valence electrons. The molecule has 0 fully saturated rings. The molecule has 0 saturated heterocycles. The van der Waals surface area contributed by atoms with Gasteiger partial charge in [0.25, 0.3) is 0 Å². The molecule has 0 aliphatic heterocycles. The second-order valence-corrected chi connectivity index (χ2v) is 4.21. The molecule has 19 heavy (non-hydrogen) atoms. The molecule has 0 bridgehead atoms. The Morgan fingerprint density at radius 3 is 3.05 bits per heavy atom. The van der Waals surface area contributed by atoms with Crippen molar-refractivity contribution in [2.75, 3.05) is 5.32 Å². The van der Waals surface area contributed by atoms with Gasteiger partial charge in [0.05, 0.1) is 6.04 Å². The molecule has 0 radical (unpaired) electrons. The molecular weight excluding hydrogens is 244 g/mol. The maximum absolute atomic E-state index is 11.8. The average Bonchev–Trinajstić information content (AvgIpc) is 2.93. The lowest BCUT2D eigenvalue weighted by atomic mass is 10.1. The zero-order chi connectivity index (χ0) is 13.7. The minimum Gasteiger partial charge on any atom is -0.423 e. The van der Waals surface area contributed by atoms with Gasteiger partial charge in [-0.05, 0) is 24.6 Å². The van der Waals surface area contributed by atoms with Gasteiger partial charge in [-0.3, -0.25) is 4.79 Å². The fourth-order valence-electron chi connectivity index (χ4n) is 1.71. The second kappa shape index (κ2) is 6.10. The first-order valence-electron chi connectivity index (χ1n) is 6.13. The molecule has 6 nitrogen and oxygen atoms in total. The molecule has 0 saturated carbocycles. The van der Waals surface area contributed by atoms with Gasteiger partial charge in [0.2, 0.25) is 18.2 Å². The molecule has 1 unspecified atom stereocenters. The third kappa shape index (κ3) is 3.38. The van der Waals surface area contributed by atoms with Crippen LogP contribution in [0.2, 0.25) is 0 Å². The quantitative estimate of drug-likeness (QED) is 0.854. The first-order valence-corrected chi connectivity index (χ1v) is 6.13. The molecule has 1 atom stereocenters. The summed E-state index contributed by atoms with van der Waals surface area (Å²) < 4.78 is 5.11. The molecule has 1 aromatic heterocycles. The fraction of sp³-hybridized carbons (Fsp3) is 0.308. The van der Waals surface area contributed by atoms with Crippen LogP contribution < -0.4 is 11.1 Å². The number of nitrogens with zero attached hydrogens (tertiary/aromatic N) is 2. The van der Waals surface area contributed by atoms with Crippen LogP contribution in [0, 0.1) is 0 Å². The number of carbonyl (C=O) groups excluding carboxylic acids is 1. The van der Waals surface area contributed by atoms with Gasteiger partial charge >= 0.3 is 0 Å². The van der Waals surface area contributed by atoms with Crippen LogP contribution in [0.15, 0.2) is 35.1 Å². The Hall–Kier alpha value is -2.21. The van der Waals surface area contributed by atoms with Gasteiger partial charge in [-0.2, -0.15) is 0 Å². The molecule has 2 rings (SSSR count). The largest absolute Gasteiger partial charge is 0.423 e. The fourth-order valence-corrected chi connectivity index (χ4v) is 1.71. The number of amides is 1. The van der Waals surface area contributed by atoms with E-state index in [1.54, 1.807) is 18.2 Å². The van der Waals surface area contributed by atoms with E-state index in [4.69, 9.17) is 10.2 Å². The van der Waals surface area contributed by atoms with Gasteiger partial charge in [-0.1, -0.05) is 19.4 Å². The highest BCUT2D eigenvalue weighted by molar-refractivity contribution is 5.95. The highest BCUT2D eigenvalue weighted by Crippen LogP contribution is 2.20. The van der Waals surface area contributed by atoms with Crippen molar-refractivity contribution in [2.45, 2.75) is 25.8 Å². The topological polar surface area (TPSA) is 94.0 Å². The number of rotatable bonds is 5. The number of carbonyl (C=O) groups is 1. The monoisotopic (exact) mass is 260 g/mol. The summed E-state index contributed by atoms with van der Waals surface area (Å²) in [6.45, 7) is 1.99. The first kappa shape index (κ1) is 13.2. The molecule has 2 aromatic rings. The summed E-state index contributed by atoms with van der Waals surface area (Å²) in [6, 6.07) is 6.70. The van der Waals surface area contributed by atoms with E-state index < -0.39 is 6.04 Å². The van der Waals surface area contributed by atoms with Gasteiger partial charge in [-0.25, -0.2) is 0 Å². The standard InChI is InChI=1S/C13H16N4O2/c1-2-4-11(14)12(18)16-10-6-3-5-9(7-10)13-17-15-8-19-13/h3,5-8,11H,2,4,14H2,1H3,(H,16,18). The third-order valence-electron chi connectivity index (χ3n) is 2.67. The van der Waals surface area contributed by atoms with Crippen molar-refractivity contribution in [3.63, 3.8) is 0 Å². The van der Waals surface area contributed by atoms with E-state index in [0.29, 0.717) is 18.0 Å². The van der Waals surface area contributed by atoms with E-state index >= 15 is 0 Å². The summed E-state index contributed by atoms with van der Waals surface area (Å²) in [5, 5.41) is 10.2. The second-order valence-electron chi connectivity index (χ2n) is 4.21. The maximum Gasteiger partial charge on any atom is 0.247 e. The molecule has 0 aliphatic rings. The van der Waals surface area contributed by atoms with Crippen molar-refractivity contribution in [3.8, 4) is 11.5 Å². The number of nitrogens with two attached hydrogens (primary N) is 1. The summed E-state index contributed by atoms with van der Waals surface area (Å²) in [5.74, 6) is 0.221. The molecule has 3 N–H and O–H groups in total. The molecule has 1 heterocycles. The summed E-state index contributed by atoms with van der Waals surface area (Å²) in [7, 11) is 0. The Kier molecular flexibility index (Phi) is 4.25. The minimum atomic E-state index is -0.489. The number of anilines is 1. The lowest BCUT2D eigenvalue weighted by Crippen LogP contribution is -2.35. The normalized spacial score (nSPS) is 12.1. The number of hydrogen-bond acceptors (Lipinski definition) is 5. The smallest absolute Gasteiger partial charge is 0.247 e. The zero-order valence-electron chi connectivity index (χ0n) is 10.7. The first-order chi connectivity index (χ1) is 9.20. The molecule has 1 aromatic carbocycles. The van der Waals surface area contributed by atoms with E-state index in [9.17, 15) is 4.79 Å². The van der Waals surface area contributed by atoms with Crippen LogP contribution in [0.5, 0.6) is 0 Å². The number of hydrogen-bond donors (Lipinski definition) is 2. The molecule has 6 heteroatoms. The lowest BCUT2D eigenvalue weighted by Gasteiger charge is -2.11. The van der Waals surface area contributed by atoms with Crippen LogP contribution in [0.3, 0.4) is 0 Å². The van der Waals surface area contributed by atoms with Crippen molar-refractivity contribution < 1.29 is 9.21 Å². The Labute approximate surface area is 111 Å². The summed E-state index contributed by atoms with van der Waals surface area (Å²) in [5.41, 5.74) is 7.16. The van der Waals surface area contributed by atoms with Crippen molar-refractivity contribution in [1.29, 1.82) is 0 Å². The van der Waals surface area contributed by atoms with Crippen molar-refractivity contribution in [3.05, 3.63) is 30.7 Å². The van der Waals surface area contributed by atoms with E-state index in [2.05, 4.69) is 15.5 Å².